The fourth-order valence-corrected chi connectivity index (χ4v) is 2.99. The van der Waals surface area contributed by atoms with Crippen LogP contribution in [-0.4, -0.2) is 74.1 Å². The maximum atomic E-state index is 12.1. The van der Waals surface area contributed by atoms with Gasteiger partial charge in [0.2, 0.25) is 0 Å². The fraction of sp³-hybridized carbons (Fsp3) is 0.550. The van der Waals surface area contributed by atoms with Crippen LogP contribution in [0.1, 0.15) is 36.2 Å². The second kappa shape index (κ2) is 11.2. The minimum absolute atomic E-state index is 0.0526. The van der Waals surface area contributed by atoms with Crippen molar-refractivity contribution in [2.45, 2.75) is 26.8 Å². The number of nitrogens with zero attached hydrogens (tertiary/aromatic N) is 3. The first kappa shape index (κ1) is 21.5. The zero-order valence-electron chi connectivity index (χ0n) is 17.0. The minimum Gasteiger partial charge on any atom is -0.450 e. The molecule has 0 saturated carbocycles. The van der Waals surface area contributed by atoms with Gasteiger partial charge in [-0.25, -0.2) is 4.79 Å². The zero-order valence-corrected chi connectivity index (χ0v) is 17.0. The number of piperazine rings is 1. The summed E-state index contributed by atoms with van der Waals surface area (Å²) in [5, 5.41) is 6.24. The van der Waals surface area contributed by atoms with Crippen molar-refractivity contribution < 1.29 is 14.3 Å². The van der Waals surface area contributed by atoms with Crippen LogP contribution in [0.3, 0.4) is 0 Å². The van der Waals surface area contributed by atoms with Crippen molar-refractivity contribution in [2.24, 2.45) is 4.99 Å². The maximum absolute atomic E-state index is 12.1. The summed E-state index contributed by atoms with van der Waals surface area (Å²) in [6, 6.07) is 7.58. The Bertz CT molecular complexity index is 684. The Hall–Kier alpha value is -2.77. The van der Waals surface area contributed by atoms with Gasteiger partial charge in [0.15, 0.2) is 5.96 Å². The van der Waals surface area contributed by atoms with Crippen molar-refractivity contribution in [3.05, 3.63) is 35.4 Å². The molecule has 2 rings (SSSR count). The van der Waals surface area contributed by atoms with Gasteiger partial charge in [0, 0.05) is 51.9 Å². The van der Waals surface area contributed by atoms with Crippen LogP contribution in [0.25, 0.3) is 0 Å². The molecule has 1 aromatic carbocycles. The molecule has 1 aliphatic rings. The van der Waals surface area contributed by atoms with Crippen molar-refractivity contribution in [3.63, 3.8) is 0 Å². The lowest BCUT2D eigenvalue weighted by Gasteiger charge is -2.35. The fourth-order valence-electron chi connectivity index (χ4n) is 2.99. The molecule has 0 atom stereocenters. The summed E-state index contributed by atoms with van der Waals surface area (Å²) in [5.41, 5.74) is 1.67. The number of hydrogen-bond acceptors (Lipinski definition) is 4. The molecule has 0 radical (unpaired) electrons. The highest BCUT2D eigenvalue weighted by atomic mass is 16.6. The van der Waals surface area contributed by atoms with E-state index in [2.05, 4.69) is 20.5 Å². The number of hydrogen-bond donors (Lipinski definition) is 2. The van der Waals surface area contributed by atoms with Gasteiger partial charge in [-0.3, -0.25) is 9.79 Å². The summed E-state index contributed by atoms with van der Waals surface area (Å²) in [4.78, 5) is 32.1. The van der Waals surface area contributed by atoms with Gasteiger partial charge in [-0.1, -0.05) is 19.1 Å². The lowest BCUT2D eigenvalue weighted by atomic mass is 10.1. The number of carbonyl (C=O) groups excluding carboxylic acids is 2. The van der Waals surface area contributed by atoms with E-state index in [0.717, 1.165) is 17.9 Å². The van der Waals surface area contributed by atoms with Crippen molar-refractivity contribution in [2.75, 3.05) is 46.4 Å². The molecule has 1 aliphatic heterocycles. The average molecular weight is 390 g/mol. The molecule has 0 unspecified atom stereocenters. The normalized spacial score (nSPS) is 14.6. The van der Waals surface area contributed by atoms with Crippen LogP contribution in [0.5, 0.6) is 0 Å². The van der Waals surface area contributed by atoms with Gasteiger partial charge in [0.05, 0.1) is 6.61 Å². The molecule has 28 heavy (non-hydrogen) atoms. The molecular formula is C20H31N5O3. The third-order valence-electron chi connectivity index (χ3n) is 4.49. The lowest BCUT2D eigenvalue weighted by molar-refractivity contribution is 0.0913. The van der Waals surface area contributed by atoms with Gasteiger partial charge in [-0.15, -0.1) is 0 Å². The van der Waals surface area contributed by atoms with Crippen molar-refractivity contribution in [1.29, 1.82) is 0 Å². The minimum atomic E-state index is -0.261. The van der Waals surface area contributed by atoms with Gasteiger partial charge in [-0.05, 0) is 31.0 Å². The van der Waals surface area contributed by atoms with Gasteiger partial charge >= 0.3 is 6.09 Å². The van der Waals surface area contributed by atoms with E-state index in [-0.39, 0.29) is 12.0 Å². The van der Waals surface area contributed by atoms with Gasteiger partial charge in [-0.2, -0.15) is 0 Å². The molecule has 8 heteroatoms. The number of amides is 2. The molecule has 154 valence electrons. The Morgan fingerprint density at radius 1 is 1.11 bits per heavy atom. The zero-order chi connectivity index (χ0) is 20.4. The highest BCUT2D eigenvalue weighted by Gasteiger charge is 2.23. The van der Waals surface area contributed by atoms with Gasteiger partial charge < -0.3 is 25.2 Å². The highest BCUT2D eigenvalue weighted by molar-refractivity contribution is 5.94. The third-order valence-corrected chi connectivity index (χ3v) is 4.49. The Morgan fingerprint density at radius 3 is 2.46 bits per heavy atom. The second-order valence-electron chi connectivity index (χ2n) is 6.53. The molecule has 0 aliphatic carbocycles. The van der Waals surface area contributed by atoms with Crippen LogP contribution < -0.4 is 10.6 Å². The number of carbonyl (C=O) groups is 2. The topological polar surface area (TPSA) is 86.3 Å². The summed E-state index contributed by atoms with van der Waals surface area (Å²) in [6.45, 7) is 8.06. The molecule has 0 aromatic heterocycles. The van der Waals surface area contributed by atoms with Crippen LogP contribution in [0.4, 0.5) is 4.79 Å². The standard InChI is InChI=1S/C20H31N5O3/c1-4-9-22-18(26)17-8-6-7-16(14-17)15-23-19(21-3)24-10-12-25(13-11-24)20(27)28-5-2/h6-8,14H,4-5,9-13,15H2,1-3H3,(H,21,23)(H,22,26). The molecule has 1 heterocycles. The van der Waals surface area contributed by atoms with E-state index in [1.165, 1.54) is 0 Å². The number of ether oxygens (including phenoxy) is 1. The predicted octanol–water partition coefficient (Wildman–Crippen LogP) is 1.68. The molecule has 1 aromatic rings. The Kier molecular flexibility index (Phi) is 8.58. The SMILES string of the molecule is CCCNC(=O)c1cccc(CNC(=NC)N2CCN(C(=O)OCC)CC2)c1. The van der Waals surface area contributed by atoms with Crippen LogP contribution in [0, 0.1) is 0 Å². The smallest absolute Gasteiger partial charge is 0.409 e. The van der Waals surface area contributed by atoms with Crippen LogP contribution in [0.15, 0.2) is 29.3 Å². The van der Waals surface area contributed by atoms with E-state index in [1.807, 2.05) is 38.1 Å². The van der Waals surface area contributed by atoms with E-state index >= 15 is 0 Å². The molecule has 2 N–H and O–H groups in total. The summed E-state index contributed by atoms with van der Waals surface area (Å²) < 4.78 is 5.05. The summed E-state index contributed by atoms with van der Waals surface area (Å²) >= 11 is 0. The maximum Gasteiger partial charge on any atom is 0.409 e. The van der Waals surface area contributed by atoms with E-state index in [1.54, 1.807) is 11.9 Å². The summed E-state index contributed by atoms with van der Waals surface area (Å²) in [5.74, 6) is 0.729. The molecule has 0 spiro atoms. The summed E-state index contributed by atoms with van der Waals surface area (Å²) in [6.07, 6.45) is 0.649. The Morgan fingerprint density at radius 2 is 1.82 bits per heavy atom. The van der Waals surface area contributed by atoms with E-state index < -0.39 is 0 Å². The predicted molar refractivity (Wildman–Crippen MR) is 109 cm³/mol. The van der Waals surface area contributed by atoms with Crippen molar-refractivity contribution in [3.8, 4) is 0 Å². The Balaban J connectivity index is 1.88. The highest BCUT2D eigenvalue weighted by Crippen LogP contribution is 2.07. The van der Waals surface area contributed by atoms with E-state index in [9.17, 15) is 9.59 Å². The van der Waals surface area contributed by atoms with Crippen LogP contribution in [-0.2, 0) is 11.3 Å². The molecular weight excluding hydrogens is 358 g/mol. The first-order chi connectivity index (χ1) is 13.6. The van der Waals surface area contributed by atoms with Crippen LogP contribution >= 0.6 is 0 Å². The summed E-state index contributed by atoms with van der Waals surface area (Å²) in [7, 11) is 1.74. The number of nitrogens with one attached hydrogen (secondary N) is 2. The first-order valence-corrected chi connectivity index (χ1v) is 9.83. The van der Waals surface area contributed by atoms with Gasteiger partial charge in [0.1, 0.15) is 0 Å². The third kappa shape index (κ3) is 6.14. The van der Waals surface area contributed by atoms with Gasteiger partial charge in [0.25, 0.3) is 5.91 Å². The average Bonchev–Trinajstić information content (AvgIpc) is 2.73. The van der Waals surface area contributed by atoms with Crippen molar-refractivity contribution >= 4 is 18.0 Å². The molecule has 1 saturated heterocycles. The first-order valence-electron chi connectivity index (χ1n) is 9.83. The number of benzene rings is 1. The molecule has 0 bridgehead atoms. The number of aliphatic imine (C=N–C) groups is 1. The molecule has 2 amide bonds. The molecule has 8 nitrogen and oxygen atoms in total. The van der Waals surface area contributed by atoms with Crippen LogP contribution in [0.2, 0.25) is 0 Å². The van der Waals surface area contributed by atoms with E-state index in [4.69, 9.17) is 4.74 Å². The largest absolute Gasteiger partial charge is 0.450 e. The Labute approximate surface area is 166 Å². The number of guanidine groups is 1. The number of rotatable bonds is 6. The molecule has 1 fully saturated rings. The van der Waals surface area contributed by atoms with Crippen molar-refractivity contribution in [1.82, 2.24) is 20.4 Å². The monoisotopic (exact) mass is 389 g/mol. The van der Waals surface area contributed by atoms with E-state index in [0.29, 0.717) is 51.4 Å². The second-order valence-corrected chi connectivity index (χ2v) is 6.53. The quantitative estimate of drug-likeness (QED) is 0.571. The lowest BCUT2D eigenvalue weighted by Crippen LogP contribution is -2.53.